The van der Waals surface area contributed by atoms with Crippen molar-refractivity contribution in [2.75, 3.05) is 0 Å². The zero-order chi connectivity index (χ0) is 10.5. The molecule has 0 aliphatic rings. The van der Waals surface area contributed by atoms with E-state index < -0.39 is 0 Å². The largest absolute Gasteiger partial charge is 0.444 e. The fourth-order valence-corrected chi connectivity index (χ4v) is 1.25. The van der Waals surface area contributed by atoms with E-state index in [-0.39, 0.29) is 0 Å². The van der Waals surface area contributed by atoms with Gasteiger partial charge >= 0.3 is 6.29 Å². The van der Waals surface area contributed by atoms with Gasteiger partial charge in [0.05, 0.1) is 6.07 Å². The van der Waals surface area contributed by atoms with Crippen molar-refractivity contribution in [2.45, 2.75) is 0 Å². The van der Waals surface area contributed by atoms with Gasteiger partial charge in [-0.2, -0.15) is 0 Å². The first-order valence-corrected chi connectivity index (χ1v) is 4.59. The normalized spacial score (nSPS) is 9.33. The lowest BCUT2D eigenvalue weighted by Gasteiger charge is -2.01. The molecule has 0 aromatic heterocycles. The summed E-state index contributed by atoms with van der Waals surface area (Å²) in [6.45, 7) is 0. The summed E-state index contributed by atoms with van der Waals surface area (Å²) >= 11 is 0. The molecule has 2 heteroatoms. The van der Waals surface area contributed by atoms with E-state index in [1.54, 1.807) is 24.3 Å². The van der Waals surface area contributed by atoms with E-state index in [1.807, 2.05) is 36.6 Å². The van der Waals surface area contributed by atoms with Crippen LogP contribution in [0.5, 0.6) is 11.5 Å². The number of hydrogen-bond donors (Lipinski definition) is 0. The predicted molar refractivity (Wildman–Crippen MR) is 57.8 cm³/mol. The first-order valence-electron chi connectivity index (χ1n) is 4.59. The average Bonchev–Trinajstić information content (AvgIpc) is 2.31. The minimum Gasteiger partial charge on any atom is -0.444 e. The Morgan fingerprint density at radius 1 is 0.867 bits per heavy atom. The van der Waals surface area contributed by atoms with Gasteiger partial charge in [0.1, 0.15) is 11.8 Å². The molecule has 2 aromatic rings. The fourth-order valence-electron chi connectivity index (χ4n) is 1.25. The monoisotopic (exact) mass is 197 g/mol. The molecule has 0 amide bonds. The molecule has 0 unspecified atom stereocenters. The number of benzene rings is 2. The number of ether oxygens (including phenoxy) is 1. The van der Waals surface area contributed by atoms with Crippen molar-refractivity contribution in [1.29, 1.82) is 0 Å². The maximum absolute atomic E-state index is 10.4. The van der Waals surface area contributed by atoms with Crippen LogP contribution in [0.25, 0.3) is 0 Å². The van der Waals surface area contributed by atoms with E-state index in [0.717, 1.165) is 5.75 Å². The highest BCUT2D eigenvalue weighted by molar-refractivity contribution is 5.75. The van der Waals surface area contributed by atoms with Gasteiger partial charge in [-0.3, -0.25) is 0 Å². The molecule has 2 rings (SSSR count). The molecular formula is C13H9O2+. The van der Waals surface area contributed by atoms with Gasteiger partial charge in [0.25, 0.3) is 0 Å². The summed E-state index contributed by atoms with van der Waals surface area (Å²) in [5, 5.41) is 0. The molecule has 2 nitrogen and oxygen atoms in total. The molecule has 0 spiro atoms. The molecular weight excluding hydrogens is 188 g/mol. The summed E-state index contributed by atoms with van der Waals surface area (Å²) < 4.78 is 5.54. The van der Waals surface area contributed by atoms with E-state index in [2.05, 4.69) is 0 Å². The van der Waals surface area contributed by atoms with Gasteiger partial charge in [0.15, 0.2) is 5.75 Å². The minimum atomic E-state index is 0.489. The van der Waals surface area contributed by atoms with Crippen molar-refractivity contribution >= 4 is 6.29 Å². The standard InChI is InChI=1S/C13H9O2/c14-10-11-5-4-8-13(9-11)15-12-6-2-1-3-7-12/h1-9H/q+1. The van der Waals surface area contributed by atoms with Crippen molar-refractivity contribution in [2.24, 2.45) is 0 Å². The lowest BCUT2D eigenvalue weighted by molar-refractivity contribution is 0.482. The van der Waals surface area contributed by atoms with Crippen LogP contribution >= 0.6 is 0 Å². The molecule has 0 aliphatic heterocycles. The summed E-state index contributed by atoms with van der Waals surface area (Å²) in [7, 11) is 0. The molecule has 15 heavy (non-hydrogen) atoms. The van der Waals surface area contributed by atoms with Crippen LogP contribution in [0, 0.1) is 0 Å². The van der Waals surface area contributed by atoms with Crippen LogP contribution in [0.1, 0.15) is 5.56 Å². The first-order chi connectivity index (χ1) is 7.38. The van der Waals surface area contributed by atoms with Gasteiger partial charge in [-0.25, -0.2) is 0 Å². The van der Waals surface area contributed by atoms with Crippen molar-refractivity contribution < 1.29 is 9.53 Å². The molecule has 0 fully saturated rings. The van der Waals surface area contributed by atoms with Crippen LogP contribution in [0.4, 0.5) is 0 Å². The number of para-hydroxylation sites is 1. The van der Waals surface area contributed by atoms with Crippen molar-refractivity contribution in [3.63, 3.8) is 0 Å². The SMILES string of the molecule is O=[C+]c1cccc(Oc2ccccc2)c1. The van der Waals surface area contributed by atoms with Crippen LogP contribution in [0.2, 0.25) is 0 Å². The molecule has 72 valence electrons. The second kappa shape index (κ2) is 4.36. The molecule has 0 aliphatic carbocycles. The first kappa shape index (κ1) is 9.38. The van der Waals surface area contributed by atoms with Gasteiger partial charge in [0, 0.05) is 12.1 Å². The van der Waals surface area contributed by atoms with E-state index in [0.29, 0.717) is 11.3 Å². The van der Waals surface area contributed by atoms with E-state index >= 15 is 0 Å². The second-order valence-electron chi connectivity index (χ2n) is 3.05. The van der Waals surface area contributed by atoms with Gasteiger partial charge in [-0.05, 0) is 12.1 Å². The lowest BCUT2D eigenvalue weighted by Crippen LogP contribution is -1.85. The smallest absolute Gasteiger partial charge is 0.303 e. The predicted octanol–water partition coefficient (Wildman–Crippen LogP) is 2.94. The Balaban J connectivity index is 2.21. The highest BCUT2D eigenvalue weighted by atomic mass is 16.5. The minimum absolute atomic E-state index is 0.489. The Kier molecular flexibility index (Phi) is 2.72. The molecule has 0 heterocycles. The van der Waals surface area contributed by atoms with Gasteiger partial charge in [-0.15, -0.1) is 4.79 Å². The van der Waals surface area contributed by atoms with Crippen LogP contribution in [-0.4, -0.2) is 6.29 Å². The highest BCUT2D eigenvalue weighted by Gasteiger charge is 2.05. The molecule has 0 radical (unpaired) electrons. The summed E-state index contributed by atoms with van der Waals surface area (Å²) in [6.07, 6.45) is 1.82. The van der Waals surface area contributed by atoms with Crippen LogP contribution in [-0.2, 0) is 4.79 Å². The van der Waals surface area contributed by atoms with Crippen molar-refractivity contribution in [3.8, 4) is 11.5 Å². The van der Waals surface area contributed by atoms with Gasteiger partial charge < -0.3 is 4.74 Å². The summed E-state index contributed by atoms with van der Waals surface area (Å²) in [4.78, 5) is 10.4. The fraction of sp³-hybridized carbons (Fsp3) is 0. The van der Waals surface area contributed by atoms with Gasteiger partial charge in [0.2, 0.25) is 5.56 Å². The molecule has 0 bridgehead atoms. The van der Waals surface area contributed by atoms with Gasteiger partial charge in [-0.1, -0.05) is 18.2 Å². The Hall–Kier alpha value is -2.18. The zero-order valence-electron chi connectivity index (χ0n) is 8.01. The Morgan fingerprint density at radius 2 is 1.60 bits per heavy atom. The third kappa shape index (κ3) is 2.39. The Labute approximate surface area is 88.1 Å². The number of carbonyl (C=O) groups excluding carboxylic acids is 1. The zero-order valence-corrected chi connectivity index (χ0v) is 8.01. The maximum atomic E-state index is 10.4. The summed E-state index contributed by atoms with van der Waals surface area (Å²) in [5.41, 5.74) is 0.489. The summed E-state index contributed by atoms with van der Waals surface area (Å²) in [5.74, 6) is 1.39. The van der Waals surface area contributed by atoms with Crippen molar-refractivity contribution in [3.05, 3.63) is 60.2 Å². The van der Waals surface area contributed by atoms with Crippen LogP contribution < -0.4 is 4.74 Å². The third-order valence-corrected chi connectivity index (χ3v) is 1.93. The van der Waals surface area contributed by atoms with E-state index in [1.165, 1.54) is 0 Å². The molecule has 0 saturated heterocycles. The molecule has 0 saturated carbocycles. The van der Waals surface area contributed by atoms with Crippen LogP contribution in [0.3, 0.4) is 0 Å². The third-order valence-electron chi connectivity index (χ3n) is 1.93. The lowest BCUT2D eigenvalue weighted by atomic mass is 10.2. The van der Waals surface area contributed by atoms with Crippen LogP contribution in [0.15, 0.2) is 54.6 Å². The maximum Gasteiger partial charge on any atom is 0.303 e. The highest BCUT2D eigenvalue weighted by Crippen LogP contribution is 2.20. The topological polar surface area (TPSA) is 26.3 Å². The Bertz CT molecular complexity index is 449. The van der Waals surface area contributed by atoms with E-state index in [9.17, 15) is 4.79 Å². The number of rotatable bonds is 3. The second-order valence-corrected chi connectivity index (χ2v) is 3.05. The molecule has 2 aromatic carbocycles. The molecule has 0 N–H and O–H groups in total. The van der Waals surface area contributed by atoms with E-state index in [4.69, 9.17) is 4.74 Å². The number of hydrogen-bond acceptors (Lipinski definition) is 2. The molecule has 0 atom stereocenters. The summed E-state index contributed by atoms with van der Waals surface area (Å²) in [6, 6.07) is 16.3. The van der Waals surface area contributed by atoms with Crippen molar-refractivity contribution in [1.82, 2.24) is 0 Å². The quantitative estimate of drug-likeness (QED) is 0.707. The Morgan fingerprint density at radius 3 is 2.33 bits per heavy atom. The average molecular weight is 197 g/mol.